The van der Waals surface area contributed by atoms with Crippen molar-refractivity contribution in [2.75, 3.05) is 20.6 Å². The number of nitrogens with one attached hydrogen (secondary N) is 1. The van der Waals surface area contributed by atoms with E-state index in [2.05, 4.69) is 22.1 Å². The summed E-state index contributed by atoms with van der Waals surface area (Å²) in [5.74, 6) is 0.878. The van der Waals surface area contributed by atoms with Gasteiger partial charge in [0.15, 0.2) is 5.96 Å². The van der Waals surface area contributed by atoms with Crippen LogP contribution < -0.4 is 5.32 Å². The Morgan fingerprint density at radius 3 is 2.53 bits per heavy atom. The third-order valence-corrected chi connectivity index (χ3v) is 3.25. The smallest absolute Gasteiger partial charge is 0.193 e. The molecule has 0 aliphatic heterocycles. The summed E-state index contributed by atoms with van der Waals surface area (Å²) in [4.78, 5) is 6.28. The van der Waals surface area contributed by atoms with Crippen molar-refractivity contribution in [3.8, 4) is 0 Å². The lowest BCUT2D eigenvalue weighted by molar-refractivity contribution is 0.477. The Hall–Kier alpha value is -0.200. The maximum Gasteiger partial charge on any atom is 0.193 e. The number of halogens is 3. The van der Waals surface area contributed by atoms with Crippen molar-refractivity contribution in [1.29, 1.82) is 0 Å². The van der Waals surface area contributed by atoms with Gasteiger partial charge < -0.3 is 10.2 Å². The number of nitrogens with zero attached hydrogens (tertiary/aromatic N) is 2. The highest BCUT2D eigenvalue weighted by Gasteiger charge is 2.07. The molecule has 0 heterocycles. The Bertz CT molecular complexity index is 424. The lowest BCUT2D eigenvalue weighted by Gasteiger charge is -2.22. The van der Waals surface area contributed by atoms with Crippen molar-refractivity contribution in [3.05, 3.63) is 33.8 Å². The zero-order valence-corrected chi connectivity index (χ0v) is 15.3. The van der Waals surface area contributed by atoms with Crippen LogP contribution >= 0.6 is 47.2 Å². The summed E-state index contributed by atoms with van der Waals surface area (Å²) >= 11 is 11.9. The molecule has 0 saturated carbocycles. The van der Waals surface area contributed by atoms with Crippen molar-refractivity contribution in [2.24, 2.45) is 4.99 Å². The van der Waals surface area contributed by atoms with E-state index < -0.39 is 0 Å². The Balaban J connectivity index is 0.00000324. The minimum Gasteiger partial charge on any atom is -0.356 e. The maximum absolute atomic E-state index is 6.00. The summed E-state index contributed by atoms with van der Waals surface area (Å²) in [6, 6.07) is 5.67. The van der Waals surface area contributed by atoms with Gasteiger partial charge in [-0.2, -0.15) is 0 Å². The van der Waals surface area contributed by atoms with E-state index in [0.29, 0.717) is 10.0 Å². The first-order valence-corrected chi connectivity index (χ1v) is 6.69. The van der Waals surface area contributed by atoms with E-state index in [1.165, 1.54) is 0 Å². The second-order valence-corrected chi connectivity index (χ2v) is 4.89. The first-order chi connectivity index (χ1) is 8.58. The first kappa shape index (κ1) is 18.8. The van der Waals surface area contributed by atoms with Gasteiger partial charge >= 0.3 is 0 Å². The van der Waals surface area contributed by atoms with Gasteiger partial charge in [0, 0.05) is 27.2 Å². The molecule has 0 aliphatic carbocycles. The van der Waals surface area contributed by atoms with Crippen LogP contribution in [-0.2, 0) is 6.54 Å². The van der Waals surface area contributed by atoms with Crippen molar-refractivity contribution in [1.82, 2.24) is 10.2 Å². The molecule has 1 N–H and O–H groups in total. The second-order valence-electron chi connectivity index (χ2n) is 4.08. The zero-order valence-electron chi connectivity index (χ0n) is 11.4. The first-order valence-electron chi connectivity index (χ1n) is 5.94. The lowest BCUT2D eigenvalue weighted by Crippen LogP contribution is -2.38. The highest BCUT2D eigenvalue weighted by atomic mass is 127. The summed E-state index contributed by atoms with van der Waals surface area (Å²) in [6.45, 7) is 3.78. The van der Waals surface area contributed by atoms with E-state index in [4.69, 9.17) is 23.2 Å². The third-order valence-electron chi connectivity index (χ3n) is 2.51. The Morgan fingerprint density at radius 2 is 2.00 bits per heavy atom. The Morgan fingerprint density at radius 1 is 1.32 bits per heavy atom. The summed E-state index contributed by atoms with van der Waals surface area (Å²) in [5.41, 5.74) is 1.10. The third kappa shape index (κ3) is 6.19. The average Bonchev–Trinajstić information content (AvgIpc) is 2.35. The highest BCUT2D eigenvalue weighted by molar-refractivity contribution is 14.0. The number of aliphatic imine (C=N–C) groups is 1. The molecule has 1 aromatic rings. The molecular formula is C13H20Cl2IN3. The molecule has 0 aromatic heterocycles. The molecule has 3 nitrogen and oxygen atoms in total. The molecule has 0 saturated heterocycles. The van der Waals surface area contributed by atoms with Gasteiger partial charge in [-0.25, -0.2) is 0 Å². The molecule has 0 atom stereocenters. The van der Waals surface area contributed by atoms with Crippen molar-refractivity contribution in [2.45, 2.75) is 19.9 Å². The van der Waals surface area contributed by atoms with Gasteiger partial charge in [0.1, 0.15) is 0 Å². The van der Waals surface area contributed by atoms with Crippen LogP contribution in [0.15, 0.2) is 23.2 Å². The zero-order chi connectivity index (χ0) is 13.5. The van der Waals surface area contributed by atoms with Crippen LogP contribution in [0.2, 0.25) is 10.0 Å². The molecule has 0 bridgehead atoms. The van der Waals surface area contributed by atoms with Gasteiger partial charge in [-0.1, -0.05) is 36.2 Å². The van der Waals surface area contributed by atoms with Crippen LogP contribution in [0.3, 0.4) is 0 Å². The van der Waals surface area contributed by atoms with Crippen molar-refractivity contribution >= 4 is 53.1 Å². The Kier molecular flexibility index (Phi) is 9.56. The van der Waals surface area contributed by atoms with E-state index in [0.717, 1.165) is 31.0 Å². The molecule has 0 unspecified atom stereocenters. The summed E-state index contributed by atoms with van der Waals surface area (Å²) < 4.78 is 0. The van der Waals surface area contributed by atoms with Crippen LogP contribution in [-0.4, -0.2) is 31.5 Å². The topological polar surface area (TPSA) is 27.6 Å². The van der Waals surface area contributed by atoms with Gasteiger partial charge in [0.05, 0.1) is 10.0 Å². The minimum atomic E-state index is 0. The molecule has 0 spiro atoms. The van der Waals surface area contributed by atoms with Crippen molar-refractivity contribution in [3.63, 3.8) is 0 Å². The normalized spacial score (nSPS) is 10.9. The Labute approximate surface area is 142 Å². The summed E-state index contributed by atoms with van der Waals surface area (Å²) in [7, 11) is 3.77. The fraction of sp³-hybridized carbons (Fsp3) is 0.462. The van der Waals surface area contributed by atoms with Gasteiger partial charge in [-0.05, 0) is 24.1 Å². The molecule has 0 radical (unpaired) electrons. The molecule has 0 amide bonds. The monoisotopic (exact) mass is 415 g/mol. The van der Waals surface area contributed by atoms with Gasteiger partial charge in [0.2, 0.25) is 0 Å². The van der Waals surface area contributed by atoms with E-state index in [9.17, 15) is 0 Å². The summed E-state index contributed by atoms with van der Waals surface area (Å²) in [5, 5.41) is 4.44. The van der Waals surface area contributed by atoms with E-state index in [1.54, 1.807) is 7.05 Å². The molecular weight excluding hydrogens is 396 g/mol. The van der Waals surface area contributed by atoms with Crippen LogP contribution in [0.4, 0.5) is 0 Å². The number of hydrogen-bond donors (Lipinski definition) is 1. The molecule has 108 valence electrons. The van der Waals surface area contributed by atoms with Gasteiger partial charge in [-0.15, -0.1) is 24.0 Å². The average molecular weight is 416 g/mol. The molecule has 6 heteroatoms. The maximum atomic E-state index is 6.00. The number of benzene rings is 1. The fourth-order valence-electron chi connectivity index (χ4n) is 1.61. The van der Waals surface area contributed by atoms with E-state index >= 15 is 0 Å². The molecule has 1 aromatic carbocycles. The SMILES string of the molecule is CCCNC(=NC)N(C)Cc1ccc(Cl)c(Cl)c1.I. The van der Waals surface area contributed by atoms with Crippen LogP contribution in [0.5, 0.6) is 0 Å². The van der Waals surface area contributed by atoms with Crippen LogP contribution in [0.1, 0.15) is 18.9 Å². The predicted molar refractivity (Wildman–Crippen MR) is 95.0 cm³/mol. The number of hydrogen-bond acceptors (Lipinski definition) is 1. The summed E-state index contributed by atoms with van der Waals surface area (Å²) in [6.07, 6.45) is 1.07. The second kappa shape index (κ2) is 9.66. The molecule has 1 rings (SSSR count). The fourth-order valence-corrected chi connectivity index (χ4v) is 1.93. The van der Waals surface area contributed by atoms with E-state index in [1.807, 2.05) is 25.2 Å². The quantitative estimate of drug-likeness (QED) is 0.456. The highest BCUT2D eigenvalue weighted by Crippen LogP contribution is 2.23. The van der Waals surface area contributed by atoms with Crippen molar-refractivity contribution < 1.29 is 0 Å². The minimum absolute atomic E-state index is 0. The predicted octanol–water partition coefficient (Wildman–Crippen LogP) is 4.03. The molecule has 0 aliphatic rings. The molecule has 19 heavy (non-hydrogen) atoms. The number of rotatable bonds is 4. The largest absolute Gasteiger partial charge is 0.356 e. The van der Waals surface area contributed by atoms with Gasteiger partial charge in [-0.3, -0.25) is 4.99 Å². The van der Waals surface area contributed by atoms with Crippen LogP contribution in [0, 0.1) is 0 Å². The van der Waals surface area contributed by atoms with Gasteiger partial charge in [0.25, 0.3) is 0 Å². The standard InChI is InChI=1S/C13H19Cl2N3.HI/c1-4-7-17-13(16-2)18(3)9-10-5-6-11(14)12(15)8-10;/h5-6,8H,4,7,9H2,1-3H3,(H,16,17);1H. The number of guanidine groups is 1. The molecule has 0 fully saturated rings. The van der Waals surface area contributed by atoms with Crippen LogP contribution in [0.25, 0.3) is 0 Å². The lowest BCUT2D eigenvalue weighted by atomic mass is 10.2. The van der Waals surface area contributed by atoms with E-state index in [-0.39, 0.29) is 24.0 Å².